The predicted molar refractivity (Wildman–Crippen MR) is 85.1 cm³/mol. The Labute approximate surface area is 129 Å². The van der Waals surface area contributed by atoms with Crippen molar-refractivity contribution in [1.29, 1.82) is 0 Å². The van der Waals surface area contributed by atoms with Gasteiger partial charge in [0.1, 0.15) is 5.54 Å². The molecule has 0 heterocycles. The molecule has 1 fully saturated rings. The molecule has 0 radical (unpaired) electrons. The summed E-state index contributed by atoms with van der Waals surface area (Å²) in [6.45, 7) is 9.36. The maximum Gasteiger partial charge on any atom is 0.325 e. The third-order valence-corrected chi connectivity index (χ3v) is 4.47. The summed E-state index contributed by atoms with van der Waals surface area (Å²) in [5.74, 6) is -0.305. The van der Waals surface area contributed by atoms with Gasteiger partial charge in [-0.05, 0) is 64.2 Å². The molecule has 0 saturated heterocycles. The number of ether oxygens (including phenoxy) is 2. The fraction of sp³-hybridized carbons (Fsp3) is 0.941. The fourth-order valence-corrected chi connectivity index (χ4v) is 2.78. The lowest BCUT2D eigenvalue weighted by Gasteiger charge is -2.34. The summed E-state index contributed by atoms with van der Waals surface area (Å²) in [5.41, 5.74) is 5.60. The molecule has 4 nitrogen and oxygen atoms in total. The Kier molecular flexibility index (Phi) is 7.14. The van der Waals surface area contributed by atoms with Crippen LogP contribution in [0.1, 0.15) is 72.6 Å². The smallest absolute Gasteiger partial charge is 0.325 e. The Morgan fingerprint density at radius 3 is 2.48 bits per heavy atom. The molecule has 1 rings (SSSR count). The van der Waals surface area contributed by atoms with Crippen molar-refractivity contribution in [3.63, 3.8) is 0 Å². The normalized spacial score (nSPS) is 21.8. The van der Waals surface area contributed by atoms with E-state index in [1.165, 1.54) is 25.7 Å². The first-order chi connectivity index (χ1) is 9.77. The number of hydrogen-bond donors (Lipinski definition) is 1. The van der Waals surface area contributed by atoms with Gasteiger partial charge in [-0.15, -0.1) is 0 Å². The van der Waals surface area contributed by atoms with Gasteiger partial charge in [0.15, 0.2) is 0 Å². The van der Waals surface area contributed by atoms with E-state index in [-0.39, 0.29) is 5.97 Å². The lowest BCUT2D eigenvalue weighted by molar-refractivity contribution is -0.149. The molecule has 0 amide bonds. The number of carbonyl (C=O) groups is 1. The van der Waals surface area contributed by atoms with Gasteiger partial charge in [0.25, 0.3) is 0 Å². The van der Waals surface area contributed by atoms with Crippen molar-refractivity contribution in [3.8, 4) is 0 Å². The van der Waals surface area contributed by atoms with Crippen molar-refractivity contribution in [1.82, 2.24) is 0 Å². The lowest BCUT2D eigenvalue weighted by Crippen LogP contribution is -2.46. The van der Waals surface area contributed by atoms with Crippen molar-refractivity contribution in [2.75, 3.05) is 13.2 Å². The average molecular weight is 299 g/mol. The lowest BCUT2D eigenvalue weighted by atomic mass is 9.76. The molecule has 1 aliphatic rings. The zero-order valence-corrected chi connectivity index (χ0v) is 14.2. The molecule has 1 saturated carbocycles. The van der Waals surface area contributed by atoms with Gasteiger partial charge < -0.3 is 15.2 Å². The van der Waals surface area contributed by atoms with Gasteiger partial charge in [-0.1, -0.05) is 13.8 Å². The van der Waals surface area contributed by atoms with E-state index in [1.54, 1.807) is 13.8 Å². The summed E-state index contributed by atoms with van der Waals surface area (Å²) in [4.78, 5) is 11.7. The summed E-state index contributed by atoms with van der Waals surface area (Å²) in [5, 5.41) is 0. The van der Waals surface area contributed by atoms with Crippen LogP contribution in [0.5, 0.6) is 0 Å². The molecule has 124 valence electrons. The van der Waals surface area contributed by atoms with Crippen LogP contribution in [0.4, 0.5) is 0 Å². The molecule has 4 heteroatoms. The highest BCUT2D eigenvalue weighted by atomic mass is 16.5. The highest BCUT2D eigenvalue weighted by Gasteiger charge is 2.29. The van der Waals surface area contributed by atoms with Crippen LogP contribution < -0.4 is 5.73 Å². The second kappa shape index (κ2) is 8.14. The Hall–Kier alpha value is -0.610. The van der Waals surface area contributed by atoms with E-state index in [2.05, 4.69) is 13.8 Å². The topological polar surface area (TPSA) is 61.5 Å². The van der Waals surface area contributed by atoms with Crippen LogP contribution in [-0.4, -0.2) is 30.8 Å². The minimum Gasteiger partial charge on any atom is -0.465 e. The first-order valence-electron chi connectivity index (χ1n) is 8.34. The van der Waals surface area contributed by atoms with Crippen LogP contribution >= 0.6 is 0 Å². The van der Waals surface area contributed by atoms with Crippen LogP contribution in [0.15, 0.2) is 0 Å². The number of carbonyl (C=O) groups excluding carboxylic acids is 1. The average Bonchev–Trinajstić information content (AvgIpc) is 2.40. The van der Waals surface area contributed by atoms with Crippen molar-refractivity contribution in [2.45, 2.75) is 84.3 Å². The maximum atomic E-state index is 11.7. The van der Waals surface area contributed by atoms with Gasteiger partial charge in [-0.25, -0.2) is 0 Å². The molecular formula is C17H33NO3. The van der Waals surface area contributed by atoms with Crippen LogP contribution in [0, 0.1) is 5.41 Å². The Balaban J connectivity index is 2.11. The minimum absolute atomic E-state index is 0.305. The molecule has 0 aromatic carbocycles. The predicted octanol–water partition coefficient (Wildman–Crippen LogP) is 3.42. The monoisotopic (exact) mass is 299 g/mol. The number of unbranched alkanes of at least 4 members (excludes halogenated alkanes) is 1. The number of hydrogen-bond acceptors (Lipinski definition) is 4. The van der Waals surface area contributed by atoms with Gasteiger partial charge in [0.05, 0.1) is 12.7 Å². The number of nitrogens with two attached hydrogens (primary N) is 1. The SMILES string of the molecule is CCOC(=O)C(C)(N)CCCCOC1CCC(C)(C)CC1. The van der Waals surface area contributed by atoms with Gasteiger partial charge in [-0.3, -0.25) is 4.79 Å². The third-order valence-electron chi connectivity index (χ3n) is 4.47. The van der Waals surface area contributed by atoms with E-state index in [4.69, 9.17) is 15.2 Å². The highest BCUT2D eigenvalue weighted by molar-refractivity contribution is 5.79. The highest BCUT2D eigenvalue weighted by Crippen LogP contribution is 2.36. The molecule has 0 aromatic heterocycles. The van der Waals surface area contributed by atoms with Crippen LogP contribution in [-0.2, 0) is 14.3 Å². The van der Waals surface area contributed by atoms with Crippen molar-refractivity contribution >= 4 is 5.97 Å². The van der Waals surface area contributed by atoms with E-state index in [1.807, 2.05) is 0 Å². The van der Waals surface area contributed by atoms with E-state index >= 15 is 0 Å². The molecule has 1 atom stereocenters. The second-order valence-electron chi connectivity index (χ2n) is 7.33. The van der Waals surface area contributed by atoms with Gasteiger partial charge >= 0.3 is 5.97 Å². The zero-order chi connectivity index (χ0) is 15.9. The molecule has 0 aliphatic heterocycles. The van der Waals surface area contributed by atoms with Crippen molar-refractivity contribution < 1.29 is 14.3 Å². The largest absolute Gasteiger partial charge is 0.465 e. The Morgan fingerprint density at radius 1 is 1.29 bits per heavy atom. The van der Waals surface area contributed by atoms with Gasteiger partial charge in [-0.2, -0.15) is 0 Å². The van der Waals surface area contributed by atoms with Crippen LogP contribution in [0.2, 0.25) is 0 Å². The summed E-state index contributed by atoms with van der Waals surface area (Å²) >= 11 is 0. The van der Waals surface area contributed by atoms with Gasteiger partial charge in [0.2, 0.25) is 0 Å². The van der Waals surface area contributed by atoms with Crippen molar-refractivity contribution in [2.24, 2.45) is 11.1 Å². The molecule has 0 spiro atoms. The van der Waals surface area contributed by atoms with Crippen LogP contribution in [0.3, 0.4) is 0 Å². The fourth-order valence-electron chi connectivity index (χ4n) is 2.78. The molecular weight excluding hydrogens is 266 g/mol. The number of esters is 1. The van der Waals surface area contributed by atoms with E-state index in [0.717, 1.165) is 19.4 Å². The first-order valence-corrected chi connectivity index (χ1v) is 8.34. The van der Waals surface area contributed by atoms with E-state index in [9.17, 15) is 4.79 Å². The molecule has 0 bridgehead atoms. The Bertz CT molecular complexity index is 316. The number of rotatable bonds is 8. The molecule has 0 aromatic rings. The standard InChI is InChI=1S/C17H33NO3/c1-5-20-15(19)17(4,18)10-6-7-13-21-14-8-11-16(2,3)12-9-14/h14H,5-13,18H2,1-4H3. The summed E-state index contributed by atoms with van der Waals surface area (Å²) in [6, 6.07) is 0. The quantitative estimate of drug-likeness (QED) is 0.551. The minimum atomic E-state index is -0.870. The van der Waals surface area contributed by atoms with Gasteiger partial charge in [0, 0.05) is 6.61 Å². The third kappa shape index (κ3) is 6.79. The van der Waals surface area contributed by atoms with E-state index < -0.39 is 5.54 Å². The molecule has 2 N–H and O–H groups in total. The second-order valence-corrected chi connectivity index (χ2v) is 7.33. The molecule has 1 aliphatic carbocycles. The summed E-state index contributed by atoms with van der Waals surface area (Å²) in [6.07, 6.45) is 7.76. The van der Waals surface area contributed by atoms with Crippen LogP contribution in [0.25, 0.3) is 0 Å². The molecule has 21 heavy (non-hydrogen) atoms. The summed E-state index contributed by atoms with van der Waals surface area (Å²) in [7, 11) is 0. The maximum absolute atomic E-state index is 11.7. The van der Waals surface area contributed by atoms with E-state index in [0.29, 0.717) is 24.5 Å². The first kappa shape index (κ1) is 18.4. The molecule has 1 unspecified atom stereocenters. The summed E-state index contributed by atoms with van der Waals surface area (Å²) < 4.78 is 10.9. The Morgan fingerprint density at radius 2 is 1.90 bits per heavy atom. The van der Waals surface area contributed by atoms with Crippen molar-refractivity contribution in [3.05, 3.63) is 0 Å². The zero-order valence-electron chi connectivity index (χ0n) is 14.2.